The van der Waals surface area contributed by atoms with Crippen LogP contribution in [0.4, 0.5) is 0 Å². The fourth-order valence-electron chi connectivity index (χ4n) is 0. The molecule has 0 aromatic heterocycles. The first-order valence-corrected chi connectivity index (χ1v) is 23.2. The van der Waals surface area contributed by atoms with Crippen LogP contribution in [0.2, 0.25) is 0 Å². The summed E-state index contributed by atoms with van der Waals surface area (Å²) in [4.78, 5) is 0. The SMILES string of the molecule is [K+].[K+].[Li+].[Li+].[Na+].[Na+].[O]=[Nb](=[O])[O-].[O]=[Nb](=[O])[O-].[O]=[Nb](=[O])[O-].[O]=[Ta](=[O])[O-].[O]=[Ta](=[O])[O-].[O]=[Ta](=[O])[O-]. The fraction of sp³-hybridized carbons (Fsp3) is 0. The van der Waals surface area contributed by atoms with Crippen LogP contribution in [0, 0.1) is 0 Å². The molecule has 0 bridgehead atoms. The van der Waals surface area contributed by atoms with Crippen LogP contribution in [0.15, 0.2) is 0 Å². The minimum absolute atomic E-state index is 0. The van der Waals surface area contributed by atoms with Crippen molar-refractivity contribution in [2.45, 2.75) is 0 Å². The van der Waals surface area contributed by atoms with Gasteiger partial charge in [0.1, 0.15) is 0 Å². The second-order valence-corrected chi connectivity index (χ2v) is 9.46. The van der Waals surface area contributed by atoms with E-state index in [4.69, 9.17) is 60.7 Å². The Labute approximate surface area is 362 Å². The Morgan fingerprint density at radius 2 is 0.433 bits per heavy atom. The topological polar surface area (TPSA) is 343 Å². The van der Waals surface area contributed by atoms with Crippen LogP contribution >= 0.6 is 0 Å². The van der Waals surface area contributed by atoms with Crippen molar-refractivity contribution in [2.75, 3.05) is 0 Å². The zero-order chi connectivity index (χ0) is 21.5. The molecule has 144 valence electrons. The zero-order valence-electron chi connectivity index (χ0n) is 16.0. The molecule has 0 N–H and O–H groups in total. The third kappa shape index (κ3) is 660. The van der Waals surface area contributed by atoms with Crippen LogP contribution in [0.3, 0.4) is 0 Å². The molecule has 0 spiro atoms. The van der Waals surface area contributed by atoms with Crippen LogP contribution < -0.4 is 221 Å². The van der Waals surface area contributed by atoms with Gasteiger partial charge in [-0.3, -0.25) is 0 Å². The quantitative estimate of drug-likeness (QED) is 0.203. The number of hydrogen-bond donors (Lipinski definition) is 0. The predicted molar refractivity (Wildman–Crippen MR) is 8.24 cm³/mol. The van der Waals surface area contributed by atoms with E-state index in [9.17, 15) is 0 Å². The first-order chi connectivity index (χ1) is 10.4. The maximum absolute atomic E-state index is 8.62. The fourth-order valence-corrected chi connectivity index (χ4v) is 0. The predicted octanol–water partition coefficient (Wildman–Crippen LogP) is -26.6. The second kappa shape index (κ2) is 71.0. The van der Waals surface area contributed by atoms with Crippen molar-refractivity contribution < 1.29 is 373 Å². The Morgan fingerprint density at radius 1 is 0.433 bits per heavy atom. The second-order valence-electron chi connectivity index (χ2n) is 1.34. The molecular formula is K2Li2Na2Nb3O18Ta3. The van der Waals surface area contributed by atoms with E-state index in [0.29, 0.717) is 0 Å². The standard InChI is InChI=1S/2K.2Li.2Na.3Nb.18O.3Ta/q6*+1;;;;;;;;;;;;;;;;6*-1;;;. The van der Waals surface area contributed by atoms with Gasteiger partial charge in [0.05, 0.1) is 0 Å². The normalized spacial score (nSPS) is 5.00. The third-order valence-corrected chi connectivity index (χ3v) is 0. The van der Waals surface area contributed by atoms with E-state index in [1.807, 2.05) is 0 Å². The Bertz CT molecular complexity index is 502. The van der Waals surface area contributed by atoms with Gasteiger partial charge in [0.2, 0.25) is 0 Å². The van der Waals surface area contributed by atoms with Gasteiger partial charge in [-0.2, -0.15) is 0 Å². The molecule has 0 heterocycles. The number of rotatable bonds is 0. The zero-order valence-corrected chi connectivity index (χ0v) is 42.5. The van der Waals surface area contributed by atoms with Crippen molar-refractivity contribution in [2.24, 2.45) is 0 Å². The van der Waals surface area contributed by atoms with E-state index in [1.54, 1.807) is 0 Å². The molecule has 18 nitrogen and oxygen atoms in total. The molecule has 0 saturated heterocycles. The summed E-state index contributed by atoms with van der Waals surface area (Å²) in [6, 6.07) is 0. The van der Waals surface area contributed by atoms with E-state index >= 15 is 0 Å². The molecule has 0 aliphatic heterocycles. The van der Waals surface area contributed by atoms with Gasteiger partial charge >= 0.3 is 373 Å². The van der Waals surface area contributed by atoms with Crippen LogP contribution in [-0.4, -0.2) is 0 Å². The summed E-state index contributed by atoms with van der Waals surface area (Å²) in [6.45, 7) is 0. The molecule has 0 amide bonds. The summed E-state index contributed by atoms with van der Waals surface area (Å²) in [6.07, 6.45) is 0. The molecule has 30 heavy (non-hydrogen) atoms. The molecule has 0 aliphatic carbocycles. The molecule has 0 aromatic carbocycles. The average Bonchev–Trinajstić information content (AvgIpc) is 2.08. The van der Waals surface area contributed by atoms with Crippen LogP contribution in [0.5, 0.6) is 0 Å². The average molecular weight is 1250 g/mol. The first-order valence-electron chi connectivity index (χ1n) is 3.29. The molecule has 0 rings (SSSR count). The van der Waals surface area contributed by atoms with Gasteiger partial charge in [-0.05, 0) is 0 Å². The van der Waals surface area contributed by atoms with Crippen molar-refractivity contribution >= 4 is 0 Å². The minimum atomic E-state index is -4.34. The van der Waals surface area contributed by atoms with Gasteiger partial charge in [0.15, 0.2) is 0 Å². The van der Waals surface area contributed by atoms with E-state index in [-0.39, 0.29) is 200 Å². The van der Waals surface area contributed by atoms with Crippen LogP contribution in [0.1, 0.15) is 0 Å². The number of hydrogen-bond acceptors (Lipinski definition) is 18. The molecule has 0 aromatic rings. The molecule has 0 radical (unpaired) electrons. The van der Waals surface area contributed by atoms with Crippen molar-refractivity contribution in [3.8, 4) is 0 Å². The molecule has 0 aliphatic rings. The molecule has 30 heteroatoms. The van der Waals surface area contributed by atoms with Crippen molar-refractivity contribution in [3.05, 3.63) is 0 Å². The van der Waals surface area contributed by atoms with E-state index in [1.165, 1.54) is 0 Å². The van der Waals surface area contributed by atoms with Gasteiger partial charge in [0.25, 0.3) is 0 Å². The summed E-state index contributed by atoms with van der Waals surface area (Å²) in [5.41, 5.74) is 0. The summed E-state index contributed by atoms with van der Waals surface area (Å²) in [5.74, 6) is 0. The summed E-state index contributed by atoms with van der Waals surface area (Å²) in [7, 11) is 0. The monoisotopic (exact) mass is 1250 g/mol. The Balaban J connectivity index is -0.0000000125. The van der Waals surface area contributed by atoms with Crippen molar-refractivity contribution in [1.82, 2.24) is 0 Å². The van der Waals surface area contributed by atoms with Crippen molar-refractivity contribution in [3.63, 3.8) is 0 Å². The van der Waals surface area contributed by atoms with E-state index in [2.05, 4.69) is 0 Å². The van der Waals surface area contributed by atoms with Gasteiger partial charge in [-0.15, -0.1) is 0 Å². The van der Waals surface area contributed by atoms with Crippen LogP contribution in [0.25, 0.3) is 0 Å². The molecule has 0 unspecified atom stereocenters. The van der Waals surface area contributed by atoms with E-state index < -0.39 is 113 Å². The summed E-state index contributed by atoms with van der Waals surface area (Å²) in [5, 5.41) is 0. The van der Waals surface area contributed by atoms with Gasteiger partial charge < -0.3 is 0 Å². The summed E-state index contributed by atoms with van der Waals surface area (Å²) >= 11 is -25.6. The molecule has 0 saturated carbocycles. The molecular weight excluding hydrogens is 1250 g/mol. The Kier molecular flexibility index (Phi) is 182. The Hall–Kier alpha value is 8.27. The van der Waals surface area contributed by atoms with Crippen LogP contribution in [-0.2, 0) is 152 Å². The maximum atomic E-state index is 8.62. The van der Waals surface area contributed by atoms with Crippen molar-refractivity contribution in [1.29, 1.82) is 0 Å². The van der Waals surface area contributed by atoms with Gasteiger partial charge in [-0.1, -0.05) is 0 Å². The van der Waals surface area contributed by atoms with Gasteiger partial charge in [-0.25, -0.2) is 0 Å². The van der Waals surface area contributed by atoms with E-state index in [0.717, 1.165) is 0 Å². The van der Waals surface area contributed by atoms with Gasteiger partial charge in [0, 0.05) is 0 Å². The first kappa shape index (κ1) is 77.0. The molecule has 0 atom stereocenters. The third-order valence-electron chi connectivity index (χ3n) is 0. The molecule has 0 fully saturated rings. The summed E-state index contributed by atoms with van der Waals surface area (Å²) < 4.78 is 155. The Morgan fingerprint density at radius 3 is 0.433 bits per heavy atom.